The molecule has 0 fully saturated rings. The van der Waals surface area contributed by atoms with Gasteiger partial charge in [0, 0.05) is 19.6 Å². The van der Waals surface area contributed by atoms with Gasteiger partial charge >= 0.3 is 0 Å². The fourth-order valence-electron chi connectivity index (χ4n) is 1.62. The molecule has 0 N–H and O–H groups in total. The van der Waals surface area contributed by atoms with E-state index in [1.54, 1.807) is 0 Å². The minimum atomic E-state index is 1.03. The predicted molar refractivity (Wildman–Crippen MR) is 76.1 cm³/mol. The van der Waals surface area contributed by atoms with Crippen molar-refractivity contribution in [1.29, 1.82) is 0 Å². The molecule has 0 aromatic heterocycles. The summed E-state index contributed by atoms with van der Waals surface area (Å²) in [5.41, 5.74) is 1.27. The Kier molecular flexibility index (Phi) is 6.60. The van der Waals surface area contributed by atoms with Crippen molar-refractivity contribution < 1.29 is 0 Å². The van der Waals surface area contributed by atoms with Crippen molar-refractivity contribution in [2.75, 3.05) is 40.3 Å². The molecule has 0 aliphatic rings. The summed E-state index contributed by atoms with van der Waals surface area (Å²) in [7, 11) is 4.24. The molecular weight excluding hydrogens is 208 g/mol. The Hall–Kier alpha value is -1.12. The van der Waals surface area contributed by atoms with Crippen LogP contribution in [0.15, 0.2) is 36.4 Å². The van der Waals surface area contributed by atoms with Gasteiger partial charge in [-0.3, -0.25) is 4.90 Å². The SMILES string of the molecule is CCN(C/C=C/c1ccccc1)CCN(C)C. The number of hydrogen-bond acceptors (Lipinski definition) is 2. The second-order valence-electron chi connectivity index (χ2n) is 4.51. The lowest BCUT2D eigenvalue weighted by atomic mass is 10.2. The molecule has 0 bridgehead atoms. The minimum absolute atomic E-state index is 1.03. The summed E-state index contributed by atoms with van der Waals surface area (Å²) in [6.45, 7) is 6.59. The zero-order valence-corrected chi connectivity index (χ0v) is 11.3. The van der Waals surface area contributed by atoms with Crippen LogP contribution in [0, 0.1) is 0 Å². The van der Waals surface area contributed by atoms with Crippen LogP contribution >= 0.6 is 0 Å². The molecule has 17 heavy (non-hydrogen) atoms. The summed E-state index contributed by atoms with van der Waals surface area (Å²) in [6.07, 6.45) is 4.44. The highest BCUT2D eigenvalue weighted by molar-refractivity contribution is 5.48. The Morgan fingerprint density at radius 2 is 1.76 bits per heavy atom. The fraction of sp³-hybridized carbons (Fsp3) is 0.467. The van der Waals surface area contributed by atoms with Crippen molar-refractivity contribution in [3.63, 3.8) is 0 Å². The monoisotopic (exact) mass is 232 g/mol. The Bertz CT molecular complexity index is 317. The lowest BCUT2D eigenvalue weighted by molar-refractivity contribution is 0.272. The first-order valence-electron chi connectivity index (χ1n) is 6.31. The lowest BCUT2D eigenvalue weighted by Gasteiger charge is -2.20. The maximum absolute atomic E-state index is 2.44. The maximum Gasteiger partial charge on any atom is 0.0166 e. The molecule has 0 spiro atoms. The molecule has 0 aliphatic heterocycles. The van der Waals surface area contributed by atoms with Gasteiger partial charge in [-0.05, 0) is 26.2 Å². The van der Waals surface area contributed by atoms with Crippen LogP contribution in [-0.4, -0.2) is 50.1 Å². The number of benzene rings is 1. The summed E-state index contributed by atoms with van der Waals surface area (Å²) < 4.78 is 0. The molecule has 0 saturated carbocycles. The largest absolute Gasteiger partial charge is 0.308 e. The minimum Gasteiger partial charge on any atom is -0.308 e. The van der Waals surface area contributed by atoms with Gasteiger partial charge in [-0.25, -0.2) is 0 Å². The zero-order valence-electron chi connectivity index (χ0n) is 11.3. The molecule has 1 aromatic carbocycles. The molecule has 0 atom stereocenters. The topological polar surface area (TPSA) is 6.48 Å². The van der Waals surface area contributed by atoms with E-state index in [9.17, 15) is 0 Å². The van der Waals surface area contributed by atoms with Gasteiger partial charge in [0.1, 0.15) is 0 Å². The van der Waals surface area contributed by atoms with Gasteiger partial charge < -0.3 is 4.90 Å². The zero-order chi connectivity index (χ0) is 12.5. The van der Waals surface area contributed by atoms with Gasteiger partial charge in [-0.15, -0.1) is 0 Å². The molecule has 0 heterocycles. The van der Waals surface area contributed by atoms with E-state index in [0.717, 1.165) is 26.2 Å². The summed E-state index contributed by atoms with van der Waals surface area (Å²) in [4.78, 5) is 4.67. The van der Waals surface area contributed by atoms with Gasteiger partial charge in [0.25, 0.3) is 0 Å². The van der Waals surface area contributed by atoms with Crippen LogP contribution in [0.5, 0.6) is 0 Å². The van der Waals surface area contributed by atoms with Crippen LogP contribution in [0.25, 0.3) is 6.08 Å². The van der Waals surface area contributed by atoms with Crippen LogP contribution in [0.3, 0.4) is 0 Å². The van der Waals surface area contributed by atoms with E-state index in [4.69, 9.17) is 0 Å². The van der Waals surface area contributed by atoms with E-state index in [1.807, 2.05) is 6.07 Å². The first-order valence-corrected chi connectivity index (χ1v) is 6.31. The molecule has 0 radical (unpaired) electrons. The van der Waals surface area contributed by atoms with Crippen LogP contribution in [0.4, 0.5) is 0 Å². The van der Waals surface area contributed by atoms with Gasteiger partial charge in [-0.1, -0.05) is 49.4 Å². The van der Waals surface area contributed by atoms with Crippen molar-refractivity contribution in [3.8, 4) is 0 Å². The van der Waals surface area contributed by atoms with Crippen molar-refractivity contribution >= 4 is 6.08 Å². The molecule has 0 unspecified atom stereocenters. The number of likely N-dealkylation sites (N-methyl/N-ethyl adjacent to an activating group) is 2. The molecule has 1 aromatic rings. The Balaban J connectivity index is 2.34. The average Bonchev–Trinajstić information content (AvgIpc) is 2.34. The van der Waals surface area contributed by atoms with Crippen molar-refractivity contribution in [2.45, 2.75) is 6.92 Å². The third kappa shape index (κ3) is 6.25. The molecular formula is C15H24N2. The summed E-state index contributed by atoms with van der Waals surface area (Å²) >= 11 is 0. The van der Waals surface area contributed by atoms with Crippen LogP contribution in [0.2, 0.25) is 0 Å². The third-order valence-corrected chi connectivity index (χ3v) is 2.78. The fourth-order valence-corrected chi connectivity index (χ4v) is 1.62. The maximum atomic E-state index is 2.44. The highest BCUT2D eigenvalue weighted by Gasteiger charge is 1.99. The van der Waals surface area contributed by atoms with Gasteiger partial charge in [0.2, 0.25) is 0 Å². The highest BCUT2D eigenvalue weighted by Crippen LogP contribution is 2.01. The summed E-state index contributed by atoms with van der Waals surface area (Å²) in [6, 6.07) is 10.5. The molecule has 94 valence electrons. The van der Waals surface area contributed by atoms with Crippen LogP contribution in [-0.2, 0) is 0 Å². The summed E-state index contributed by atoms with van der Waals surface area (Å²) in [5.74, 6) is 0. The second kappa shape index (κ2) is 8.04. The van der Waals surface area contributed by atoms with E-state index >= 15 is 0 Å². The smallest absolute Gasteiger partial charge is 0.0166 e. The first kappa shape index (κ1) is 13.9. The van der Waals surface area contributed by atoms with Gasteiger partial charge in [0.15, 0.2) is 0 Å². The Labute approximate surface area is 106 Å². The first-order chi connectivity index (χ1) is 8.22. The Morgan fingerprint density at radius 1 is 1.06 bits per heavy atom. The third-order valence-electron chi connectivity index (χ3n) is 2.78. The summed E-state index contributed by atoms with van der Waals surface area (Å²) in [5, 5.41) is 0. The standard InChI is InChI=1S/C15H24N2/c1-4-17(14-13-16(2)3)12-8-11-15-9-6-5-7-10-15/h5-11H,4,12-14H2,1-3H3/b11-8+. The lowest BCUT2D eigenvalue weighted by Crippen LogP contribution is -2.31. The van der Waals surface area contributed by atoms with E-state index in [-0.39, 0.29) is 0 Å². The quantitative estimate of drug-likeness (QED) is 0.713. The van der Waals surface area contributed by atoms with E-state index in [1.165, 1.54) is 5.56 Å². The van der Waals surface area contributed by atoms with Crippen molar-refractivity contribution in [1.82, 2.24) is 9.80 Å². The molecule has 0 saturated heterocycles. The highest BCUT2D eigenvalue weighted by atomic mass is 15.2. The van der Waals surface area contributed by atoms with E-state index < -0.39 is 0 Å². The number of nitrogens with zero attached hydrogens (tertiary/aromatic N) is 2. The number of rotatable bonds is 7. The second-order valence-corrected chi connectivity index (χ2v) is 4.51. The molecule has 0 aliphatic carbocycles. The van der Waals surface area contributed by atoms with Crippen molar-refractivity contribution in [3.05, 3.63) is 42.0 Å². The normalized spacial score (nSPS) is 11.8. The van der Waals surface area contributed by atoms with Crippen LogP contribution in [0.1, 0.15) is 12.5 Å². The van der Waals surface area contributed by atoms with E-state index in [2.05, 4.69) is 67.2 Å². The van der Waals surface area contributed by atoms with E-state index in [0.29, 0.717) is 0 Å². The van der Waals surface area contributed by atoms with Crippen LogP contribution < -0.4 is 0 Å². The molecule has 2 heteroatoms. The van der Waals surface area contributed by atoms with Crippen molar-refractivity contribution in [2.24, 2.45) is 0 Å². The average molecular weight is 232 g/mol. The van der Waals surface area contributed by atoms with Gasteiger partial charge in [0.05, 0.1) is 0 Å². The molecule has 0 amide bonds. The molecule has 1 rings (SSSR count). The predicted octanol–water partition coefficient (Wildman–Crippen LogP) is 2.58. The number of hydrogen-bond donors (Lipinski definition) is 0. The Morgan fingerprint density at radius 3 is 2.35 bits per heavy atom. The van der Waals surface area contributed by atoms with Gasteiger partial charge in [-0.2, -0.15) is 0 Å². The molecule has 2 nitrogen and oxygen atoms in total.